The second-order valence-corrected chi connectivity index (χ2v) is 6.94. The van der Waals surface area contributed by atoms with Gasteiger partial charge in [-0.3, -0.25) is 4.90 Å². The van der Waals surface area contributed by atoms with Crippen molar-refractivity contribution in [1.82, 2.24) is 9.88 Å². The van der Waals surface area contributed by atoms with Crippen molar-refractivity contribution in [3.05, 3.63) is 34.8 Å². The highest BCUT2D eigenvalue weighted by atomic mass is 35.5. The van der Waals surface area contributed by atoms with Gasteiger partial charge in [-0.2, -0.15) is 0 Å². The Kier molecular flexibility index (Phi) is 5.57. The molecule has 4 nitrogen and oxygen atoms in total. The third-order valence-corrected chi connectivity index (χ3v) is 4.51. The molecule has 1 radical (unpaired) electrons. The predicted molar refractivity (Wildman–Crippen MR) is 95.9 cm³/mol. The molecule has 1 aromatic heterocycles. The van der Waals surface area contributed by atoms with Crippen molar-refractivity contribution in [1.29, 1.82) is 0 Å². The average molecular weight is 335 g/mol. The summed E-state index contributed by atoms with van der Waals surface area (Å²) in [6, 6.07) is 4.17. The van der Waals surface area contributed by atoms with E-state index in [1.807, 2.05) is 6.07 Å². The van der Waals surface area contributed by atoms with Crippen LogP contribution in [0.4, 0.5) is 5.82 Å². The molecule has 0 saturated carbocycles. The molecule has 0 atom stereocenters. The van der Waals surface area contributed by atoms with E-state index in [4.69, 9.17) is 16.3 Å². The van der Waals surface area contributed by atoms with E-state index in [1.165, 1.54) is 17.1 Å². The quantitative estimate of drug-likeness (QED) is 0.790. The molecule has 23 heavy (non-hydrogen) atoms. The van der Waals surface area contributed by atoms with Gasteiger partial charge in [0.2, 0.25) is 0 Å². The summed E-state index contributed by atoms with van der Waals surface area (Å²) in [7, 11) is 0. The zero-order valence-electron chi connectivity index (χ0n) is 14.0. The zero-order valence-corrected chi connectivity index (χ0v) is 14.8. The van der Waals surface area contributed by atoms with Gasteiger partial charge in [0.25, 0.3) is 0 Å². The molecule has 2 aliphatic rings. The number of hydrogen-bond acceptors (Lipinski definition) is 4. The van der Waals surface area contributed by atoms with E-state index in [0.717, 1.165) is 58.2 Å². The molecule has 125 valence electrons. The topological polar surface area (TPSA) is 28.6 Å². The number of anilines is 1. The lowest BCUT2D eigenvalue weighted by molar-refractivity contribution is 0.122. The number of halogens is 1. The monoisotopic (exact) mass is 334 g/mol. The van der Waals surface area contributed by atoms with Crippen molar-refractivity contribution in [3.8, 4) is 0 Å². The fourth-order valence-corrected chi connectivity index (χ4v) is 3.39. The van der Waals surface area contributed by atoms with Crippen LogP contribution in [-0.4, -0.2) is 55.8 Å². The standard InChI is InChI=1S/C18H25ClN3O/c1-14(2)13-21-5-3-15(4-6-21)16-11-17(19)20-18(12-16)22-7-9-23-10-8-22/h3,11-12H,4-10,13H2,1-2H3. The van der Waals surface area contributed by atoms with Crippen LogP contribution in [0.1, 0.15) is 25.8 Å². The van der Waals surface area contributed by atoms with E-state index < -0.39 is 0 Å². The fraction of sp³-hybridized carbons (Fsp3) is 0.556. The van der Waals surface area contributed by atoms with Gasteiger partial charge in [0.05, 0.1) is 13.2 Å². The van der Waals surface area contributed by atoms with Gasteiger partial charge in [0.15, 0.2) is 0 Å². The Balaban J connectivity index is 1.75. The molecule has 5 heteroatoms. The second-order valence-electron chi connectivity index (χ2n) is 6.56. The maximum Gasteiger partial charge on any atom is 0.132 e. The molecule has 0 amide bonds. The smallest absolute Gasteiger partial charge is 0.132 e. The average Bonchev–Trinajstić information content (AvgIpc) is 2.55. The van der Waals surface area contributed by atoms with E-state index in [9.17, 15) is 0 Å². The number of hydrogen-bond donors (Lipinski definition) is 0. The normalized spacial score (nSPS) is 20.0. The molecule has 0 N–H and O–H groups in total. The minimum Gasteiger partial charge on any atom is -0.378 e. The minimum absolute atomic E-state index is 0.574. The van der Waals surface area contributed by atoms with E-state index in [2.05, 4.69) is 40.8 Å². The summed E-state index contributed by atoms with van der Waals surface area (Å²) in [6.07, 6.45) is 3.40. The highest BCUT2D eigenvalue weighted by molar-refractivity contribution is 6.29. The Labute approximate surface area is 144 Å². The molecule has 2 aliphatic heterocycles. The molecule has 0 spiro atoms. The van der Waals surface area contributed by atoms with Gasteiger partial charge in [-0.25, -0.2) is 4.98 Å². The van der Waals surface area contributed by atoms with Gasteiger partial charge in [-0.1, -0.05) is 31.5 Å². The van der Waals surface area contributed by atoms with Crippen molar-refractivity contribution < 1.29 is 4.74 Å². The Bertz CT molecular complexity index is 567. The third-order valence-electron chi connectivity index (χ3n) is 4.32. The van der Waals surface area contributed by atoms with Crippen LogP contribution < -0.4 is 4.90 Å². The summed E-state index contributed by atoms with van der Waals surface area (Å²) >= 11 is 6.28. The molecule has 3 rings (SSSR count). The number of ether oxygens (including phenoxy) is 1. The van der Waals surface area contributed by atoms with Crippen LogP contribution in [0.3, 0.4) is 0 Å². The maximum atomic E-state index is 6.28. The molecule has 0 aromatic carbocycles. The highest BCUT2D eigenvalue weighted by Crippen LogP contribution is 2.28. The van der Waals surface area contributed by atoms with Crippen LogP contribution in [0, 0.1) is 5.92 Å². The Hall–Kier alpha value is -1.10. The van der Waals surface area contributed by atoms with E-state index >= 15 is 0 Å². The molecule has 1 fully saturated rings. The van der Waals surface area contributed by atoms with Gasteiger partial charge < -0.3 is 9.64 Å². The van der Waals surface area contributed by atoms with Gasteiger partial charge >= 0.3 is 0 Å². The van der Waals surface area contributed by atoms with Crippen LogP contribution in [0.2, 0.25) is 5.15 Å². The lowest BCUT2D eigenvalue weighted by atomic mass is 9.99. The second kappa shape index (κ2) is 7.65. The van der Waals surface area contributed by atoms with Crippen molar-refractivity contribution in [2.75, 3.05) is 50.8 Å². The molecular formula is C18H25ClN3O. The van der Waals surface area contributed by atoms with Crippen LogP contribution >= 0.6 is 11.6 Å². The van der Waals surface area contributed by atoms with Gasteiger partial charge in [-0.15, -0.1) is 0 Å². The molecule has 0 unspecified atom stereocenters. The lowest BCUT2D eigenvalue weighted by Gasteiger charge is -2.30. The minimum atomic E-state index is 0.574. The van der Waals surface area contributed by atoms with Crippen LogP contribution in [0.5, 0.6) is 0 Å². The first kappa shape index (κ1) is 16.7. The van der Waals surface area contributed by atoms with Crippen molar-refractivity contribution >= 4 is 23.0 Å². The molecule has 0 bridgehead atoms. The summed E-state index contributed by atoms with van der Waals surface area (Å²) in [4.78, 5) is 9.23. The first-order valence-corrected chi connectivity index (χ1v) is 8.70. The van der Waals surface area contributed by atoms with E-state index in [-0.39, 0.29) is 0 Å². The highest BCUT2D eigenvalue weighted by Gasteiger charge is 2.17. The fourth-order valence-electron chi connectivity index (χ4n) is 3.19. The predicted octanol–water partition coefficient (Wildman–Crippen LogP) is 3.27. The maximum absolute atomic E-state index is 6.28. The number of morpholine rings is 1. The van der Waals surface area contributed by atoms with Crippen LogP contribution in [0.15, 0.2) is 18.2 Å². The van der Waals surface area contributed by atoms with Crippen molar-refractivity contribution in [2.24, 2.45) is 0 Å². The summed E-state index contributed by atoms with van der Waals surface area (Å²) in [5.74, 6) is 2.43. The number of pyridine rings is 1. The molecule has 1 aromatic rings. The summed E-state index contributed by atoms with van der Waals surface area (Å²) in [6.45, 7) is 10.8. The first-order valence-electron chi connectivity index (χ1n) is 8.33. The number of nitrogens with zero attached hydrogens (tertiary/aromatic N) is 3. The van der Waals surface area contributed by atoms with Gasteiger partial charge in [0.1, 0.15) is 11.0 Å². The SMILES string of the molecule is C[C](C)CN1CC=C(c2cc(Cl)nc(N3CCOCC3)c2)CC1. The Morgan fingerprint density at radius 1 is 1.22 bits per heavy atom. The van der Waals surface area contributed by atoms with Crippen LogP contribution in [0.25, 0.3) is 5.57 Å². The Morgan fingerprint density at radius 2 is 2.00 bits per heavy atom. The number of aromatic nitrogens is 1. The van der Waals surface area contributed by atoms with E-state index in [1.54, 1.807) is 0 Å². The molecule has 1 saturated heterocycles. The number of rotatable bonds is 4. The first-order chi connectivity index (χ1) is 11.1. The van der Waals surface area contributed by atoms with E-state index in [0.29, 0.717) is 5.15 Å². The lowest BCUT2D eigenvalue weighted by Crippen LogP contribution is -2.36. The Morgan fingerprint density at radius 3 is 2.65 bits per heavy atom. The largest absolute Gasteiger partial charge is 0.378 e. The third kappa shape index (κ3) is 4.46. The van der Waals surface area contributed by atoms with Gasteiger partial charge in [0, 0.05) is 32.7 Å². The summed E-state index contributed by atoms with van der Waals surface area (Å²) < 4.78 is 5.42. The summed E-state index contributed by atoms with van der Waals surface area (Å²) in [5.41, 5.74) is 2.59. The zero-order chi connectivity index (χ0) is 16.2. The molecule has 3 heterocycles. The molecule has 0 aliphatic carbocycles. The van der Waals surface area contributed by atoms with Gasteiger partial charge in [-0.05, 0) is 35.6 Å². The van der Waals surface area contributed by atoms with Crippen LogP contribution in [-0.2, 0) is 4.74 Å². The molecular weight excluding hydrogens is 310 g/mol. The van der Waals surface area contributed by atoms with Crippen molar-refractivity contribution in [2.45, 2.75) is 20.3 Å². The van der Waals surface area contributed by atoms with Crippen molar-refractivity contribution in [3.63, 3.8) is 0 Å². The summed E-state index contributed by atoms with van der Waals surface area (Å²) in [5, 5.41) is 0.574.